The topological polar surface area (TPSA) is 29.3 Å². The summed E-state index contributed by atoms with van der Waals surface area (Å²) in [5.74, 6) is 0.659. The van der Waals surface area contributed by atoms with Gasteiger partial charge in [0.1, 0.15) is 4.99 Å². The van der Waals surface area contributed by atoms with Crippen molar-refractivity contribution in [2.75, 3.05) is 18.0 Å². The van der Waals surface area contributed by atoms with Crippen LogP contribution in [-0.4, -0.2) is 18.1 Å². The van der Waals surface area contributed by atoms with Gasteiger partial charge in [0.15, 0.2) is 0 Å². The van der Waals surface area contributed by atoms with Crippen LogP contribution in [0.4, 0.5) is 18.9 Å². The van der Waals surface area contributed by atoms with Crippen molar-refractivity contribution in [3.8, 4) is 0 Å². The summed E-state index contributed by atoms with van der Waals surface area (Å²) in [4.78, 5) is 1.91. The molecule has 0 unspecified atom stereocenters. The lowest BCUT2D eigenvalue weighted by molar-refractivity contribution is -0.137. The highest BCUT2D eigenvalue weighted by Gasteiger charge is 2.34. The molecule has 1 fully saturated rings. The van der Waals surface area contributed by atoms with Gasteiger partial charge in [0, 0.05) is 24.3 Å². The summed E-state index contributed by atoms with van der Waals surface area (Å²) in [6, 6.07) is 4.07. The lowest BCUT2D eigenvalue weighted by atomic mass is 10.1. The van der Waals surface area contributed by atoms with Gasteiger partial charge in [0.2, 0.25) is 0 Å². The molecule has 2 rings (SSSR count). The summed E-state index contributed by atoms with van der Waals surface area (Å²) < 4.78 is 38.9. The van der Waals surface area contributed by atoms with E-state index < -0.39 is 11.7 Å². The maximum Gasteiger partial charge on any atom is 0.417 e. The summed E-state index contributed by atoms with van der Waals surface area (Å²) in [6.07, 6.45) is -1.11. The standard InChI is InChI=1S/C15H19F3N2S/c1-2-7-20(9-10-3-4-10)11-5-6-13(15(16,17)18)12(8-11)14(19)21/h5-6,8,10H,2-4,7,9H2,1H3,(H2,19,21). The first kappa shape index (κ1) is 16.1. The minimum Gasteiger partial charge on any atom is -0.389 e. The smallest absolute Gasteiger partial charge is 0.389 e. The highest BCUT2D eigenvalue weighted by Crippen LogP contribution is 2.36. The number of hydrogen-bond donors (Lipinski definition) is 1. The number of anilines is 1. The van der Waals surface area contributed by atoms with Crippen LogP contribution in [0.15, 0.2) is 18.2 Å². The van der Waals surface area contributed by atoms with Gasteiger partial charge in [-0.25, -0.2) is 0 Å². The van der Waals surface area contributed by atoms with Gasteiger partial charge in [-0.05, 0) is 43.4 Å². The monoisotopic (exact) mass is 316 g/mol. The molecule has 1 aromatic carbocycles. The van der Waals surface area contributed by atoms with Crippen LogP contribution in [0.3, 0.4) is 0 Å². The van der Waals surface area contributed by atoms with Crippen LogP contribution in [-0.2, 0) is 6.18 Å². The third-order valence-corrected chi connectivity index (χ3v) is 3.83. The van der Waals surface area contributed by atoms with E-state index >= 15 is 0 Å². The maximum absolute atomic E-state index is 13.0. The van der Waals surface area contributed by atoms with Gasteiger partial charge in [-0.15, -0.1) is 0 Å². The summed E-state index contributed by atoms with van der Waals surface area (Å²) in [6.45, 7) is 3.76. The second-order valence-electron chi connectivity index (χ2n) is 5.48. The first-order valence-electron chi connectivity index (χ1n) is 7.09. The predicted molar refractivity (Wildman–Crippen MR) is 82.6 cm³/mol. The van der Waals surface area contributed by atoms with E-state index in [2.05, 4.69) is 11.8 Å². The van der Waals surface area contributed by atoms with Crippen molar-refractivity contribution in [2.24, 2.45) is 11.7 Å². The molecule has 1 aliphatic carbocycles. The molecule has 0 heterocycles. The third-order valence-electron chi connectivity index (χ3n) is 3.61. The fourth-order valence-corrected chi connectivity index (χ4v) is 2.56. The van der Waals surface area contributed by atoms with E-state index in [4.69, 9.17) is 18.0 Å². The quantitative estimate of drug-likeness (QED) is 0.805. The SMILES string of the molecule is CCCN(CC1CC1)c1ccc(C(F)(F)F)c(C(N)=S)c1. The molecule has 1 saturated carbocycles. The number of nitrogens with zero attached hydrogens (tertiary/aromatic N) is 1. The van der Waals surface area contributed by atoms with Crippen molar-refractivity contribution in [2.45, 2.75) is 32.4 Å². The Balaban J connectivity index is 2.34. The Morgan fingerprint density at radius 1 is 1.38 bits per heavy atom. The Bertz CT molecular complexity index is 524. The molecule has 0 bridgehead atoms. The van der Waals surface area contributed by atoms with Crippen LogP contribution in [0, 0.1) is 5.92 Å². The number of rotatable bonds is 6. The summed E-state index contributed by atoms with van der Waals surface area (Å²) in [5.41, 5.74) is 5.39. The van der Waals surface area contributed by atoms with E-state index in [1.807, 2.05) is 0 Å². The van der Waals surface area contributed by atoms with E-state index in [9.17, 15) is 13.2 Å². The van der Waals surface area contributed by atoms with Crippen LogP contribution in [0.25, 0.3) is 0 Å². The molecular formula is C15H19F3N2S. The fourth-order valence-electron chi connectivity index (χ4n) is 2.39. The van der Waals surface area contributed by atoms with Crippen LogP contribution < -0.4 is 10.6 Å². The number of halogens is 3. The van der Waals surface area contributed by atoms with E-state index in [-0.39, 0.29) is 10.6 Å². The average Bonchev–Trinajstić information content (AvgIpc) is 3.20. The van der Waals surface area contributed by atoms with Crippen molar-refractivity contribution in [1.82, 2.24) is 0 Å². The third kappa shape index (κ3) is 4.09. The maximum atomic E-state index is 13.0. The Morgan fingerprint density at radius 3 is 2.52 bits per heavy atom. The minimum atomic E-state index is -4.44. The second kappa shape index (κ2) is 6.22. The zero-order valence-corrected chi connectivity index (χ0v) is 12.7. The first-order valence-corrected chi connectivity index (χ1v) is 7.49. The molecule has 1 aromatic rings. The highest BCUT2D eigenvalue weighted by atomic mass is 32.1. The summed E-state index contributed by atoms with van der Waals surface area (Å²) in [5, 5.41) is 0. The molecule has 0 aliphatic heterocycles. The van der Waals surface area contributed by atoms with Crippen LogP contribution in [0.2, 0.25) is 0 Å². The number of thiocarbonyl (C=S) groups is 1. The number of alkyl halides is 3. The van der Waals surface area contributed by atoms with Crippen molar-refractivity contribution >= 4 is 22.9 Å². The molecule has 0 saturated heterocycles. The number of benzene rings is 1. The molecule has 116 valence electrons. The van der Waals surface area contributed by atoms with Crippen LogP contribution in [0.5, 0.6) is 0 Å². The molecular weight excluding hydrogens is 297 g/mol. The molecule has 6 heteroatoms. The largest absolute Gasteiger partial charge is 0.417 e. The van der Waals surface area contributed by atoms with Gasteiger partial charge in [-0.2, -0.15) is 13.2 Å². The normalized spacial score (nSPS) is 15.0. The van der Waals surface area contributed by atoms with Gasteiger partial charge in [-0.3, -0.25) is 0 Å². The van der Waals surface area contributed by atoms with Crippen LogP contribution >= 0.6 is 12.2 Å². The summed E-state index contributed by atoms with van der Waals surface area (Å²) in [7, 11) is 0. The zero-order chi connectivity index (χ0) is 15.6. The average molecular weight is 316 g/mol. The Hall–Kier alpha value is -1.30. The molecule has 21 heavy (non-hydrogen) atoms. The molecule has 0 amide bonds. The van der Waals surface area contributed by atoms with Gasteiger partial charge in [0.05, 0.1) is 5.56 Å². The summed E-state index contributed by atoms with van der Waals surface area (Å²) >= 11 is 4.79. The van der Waals surface area contributed by atoms with E-state index in [1.54, 1.807) is 0 Å². The molecule has 0 spiro atoms. The Labute approximate surface area is 128 Å². The number of nitrogens with two attached hydrogens (primary N) is 1. The second-order valence-corrected chi connectivity index (χ2v) is 5.92. The van der Waals surface area contributed by atoms with Crippen LogP contribution in [0.1, 0.15) is 37.3 Å². The van der Waals surface area contributed by atoms with Gasteiger partial charge in [-0.1, -0.05) is 19.1 Å². The van der Waals surface area contributed by atoms with Crippen molar-refractivity contribution in [1.29, 1.82) is 0 Å². The van der Waals surface area contributed by atoms with Crippen molar-refractivity contribution < 1.29 is 13.2 Å². The predicted octanol–water partition coefficient (Wildman–Crippen LogP) is 3.97. The lowest BCUT2D eigenvalue weighted by Crippen LogP contribution is -2.27. The lowest BCUT2D eigenvalue weighted by Gasteiger charge is -2.26. The Morgan fingerprint density at radius 2 is 2.05 bits per heavy atom. The van der Waals surface area contributed by atoms with Gasteiger partial charge < -0.3 is 10.6 Å². The Kier molecular flexibility index (Phi) is 4.76. The highest BCUT2D eigenvalue weighted by molar-refractivity contribution is 7.80. The van der Waals surface area contributed by atoms with E-state index in [1.165, 1.54) is 25.0 Å². The molecule has 0 radical (unpaired) electrons. The zero-order valence-electron chi connectivity index (χ0n) is 11.9. The first-order chi connectivity index (χ1) is 9.82. The fraction of sp³-hybridized carbons (Fsp3) is 0.533. The minimum absolute atomic E-state index is 0.0908. The molecule has 2 N–H and O–H groups in total. The van der Waals surface area contributed by atoms with Gasteiger partial charge in [0.25, 0.3) is 0 Å². The number of hydrogen-bond acceptors (Lipinski definition) is 2. The van der Waals surface area contributed by atoms with E-state index in [0.717, 1.165) is 31.3 Å². The molecule has 1 aliphatic rings. The molecule has 0 atom stereocenters. The van der Waals surface area contributed by atoms with Crippen molar-refractivity contribution in [3.63, 3.8) is 0 Å². The molecule has 2 nitrogen and oxygen atoms in total. The molecule has 0 aromatic heterocycles. The van der Waals surface area contributed by atoms with Gasteiger partial charge >= 0.3 is 6.18 Å². The van der Waals surface area contributed by atoms with Crippen molar-refractivity contribution in [3.05, 3.63) is 29.3 Å². The van der Waals surface area contributed by atoms with E-state index in [0.29, 0.717) is 5.92 Å².